The second-order valence-corrected chi connectivity index (χ2v) is 5.95. The van der Waals surface area contributed by atoms with E-state index in [1.807, 2.05) is 33.8 Å². The van der Waals surface area contributed by atoms with Crippen LogP contribution in [0.25, 0.3) is 0 Å². The van der Waals surface area contributed by atoms with Gasteiger partial charge in [0.25, 0.3) is 6.47 Å². The van der Waals surface area contributed by atoms with Crippen LogP contribution in [-0.2, 0) is 19.0 Å². The first-order chi connectivity index (χ1) is 11.0. The van der Waals surface area contributed by atoms with Crippen molar-refractivity contribution in [3.05, 3.63) is 11.6 Å². The minimum atomic E-state index is -1.14. The second kappa shape index (κ2) is 8.52. The first-order valence-electron chi connectivity index (χ1n) is 8.43. The van der Waals surface area contributed by atoms with Gasteiger partial charge in [-0.1, -0.05) is 13.0 Å². The summed E-state index contributed by atoms with van der Waals surface area (Å²) in [7, 11) is 0. The number of carbonyl (C=O) groups is 1. The fourth-order valence-electron chi connectivity index (χ4n) is 3.75. The van der Waals surface area contributed by atoms with E-state index in [1.54, 1.807) is 6.92 Å². The van der Waals surface area contributed by atoms with Crippen LogP contribution in [0.5, 0.6) is 0 Å². The zero-order valence-corrected chi connectivity index (χ0v) is 15.3. The van der Waals surface area contributed by atoms with Crippen LogP contribution >= 0.6 is 0 Å². The average Bonchev–Trinajstić information content (AvgIpc) is 2.54. The summed E-state index contributed by atoms with van der Waals surface area (Å²) in [6.07, 6.45) is 3.34. The van der Waals surface area contributed by atoms with Crippen molar-refractivity contribution < 1.29 is 19.0 Å². The summed E-state index contributed by atoms with van der Waals surface area (Å²) < 4.78 is 17.9. The van der Waals surface area contributed by atoms with Gasteiger partial charge in [-0.3, -0.25) is 4.79 Å². The number of hydrogen-bond acceptors (Lipinski definition) is 4. The van der Waals surface area contributed by atoms with Crippen molar-refractivity contribution in [2.75, 3.05) is 13.2 Å². The van der Waals surface area contributed by atoms with E-state index in [1.165, 1.54) is 0 Å². The lowest BCUT2D eigenvalue weighted by atomic mass is 9.63. The van der Waals surface area contributed by atoms with Crippen LogP contribution < -0.4 is 0 Å². The van der Waals surface area contributed by atoms with E-state index in [0.717, 1.165) is 18.4 Å². The third kappa shape index (κ3) is 3.32. The molecule has 0 aromatic heterocycles. The molecule has 1 fully saturated rings. The predicted octanol–water partition coefficient (Wildman–Crippen LogP) is 3.50. The SMILES string of the molecule is CC#CC1(OC=O)C(OCC)C(C)CC[C@]1(OCC)/C(C)=C\C. The van der Waals surface area contributed by atoms with E-state index in [4.69, 9.17) is 14.2 Å². The molecule has 0 N–H and O–H groups in total. The fourth-order valence-corrected chi connectivity index (χ4v) is 3.75. The highest BCUT2D eigenvalue weighted by Crippen LogP contribution is 2.49. The number of allylic oxidation sites excluding steroid dienone is 1. The Morgan fingerprint density at radius 1 is 1.35 bits per heavy atom. The Balaban J connectivity index is 3.66. The molecular weight excluding hydrogens is 292 g/mol. The third-order valence-corrected chi connectivity index (χ3v) is 4.82. The molecule has 1 saturated carbocycles. The minimum absolute atomic E-state index is 0.217. The Morgan fingerprint density at radius 2 is 2.04 bits per heavy atom. The summed E-state index contributed by atoms with van der Waals surface area (Å²) in [6, 6.07) is 0. The molecule has 0 aromatic rings. The lowest BCUT2D eigenvalue weighted by molar-refractivity contribution is -0.232. The molecule has 4 heteroatoms. The van der Waals surface area contributed by atoms with E-state index >= 15 is 0 Å². The van der Waals surface area contributed by atoms with Crippen molar-refractivity contribution in [1.29, 1.82) is 0 Å². The first-order valence-corrected chi connectivity index (χ1v) is 8.43. The van der Waals surface area contributed by atoms with Crippen LogP contribution in [0.1, 0.15) is 54.4 Å². The van der Waals surface area contributed by atoms with Gasteiger partial charge in [0.1, 0.15) is 11.7 Å². The van der Waals surface area contributed by atoms with E-state index < -0.39 is 11.2 Å². The molecule has 4 nitrogen and oxygen atoms in total. The summed E-state index contributed by atoms with van der Waals surface area (Å²) in [4.78, 5) is 11.4. The first kappa shape index (κ1) is 19.7. The maximum atomic E-state index is 11.4. The Hall–Kier alpha value is -1.31. The summed E-state index contributed by atoms with van der Waals surface area (Å²) in [5.74, 6) is 6.32. The standard InChI is InChI=1S/C19H30O4/c1-7-12-19(23-14-20)17(21-9-3)15(5)11-13-18(19,22-10-4)16(6)8-2/h8,14-15,17H,9-11,13H2,1-6H3/b16-8-/t15?,17?,18-,19?/m0/s1. The van der Waals surface area contributed by atoms with Crippen molar-refractivity contribution in [3.63, 3.8) is 0 Å². The van der Waals surface area contributed by atoms with Gasteiger partial charge in [-0.2, -0.15) is 0 Å². The Morgan fingerprint density at radius 3 is 2.52 bits per heavy atom. The molecule has 1 rings (SSSR count). The molecule has 0 spiro atoms. The maximum absolute atomic E-state index is 11.4. The van der Waals surface area contributed by atoms with Gasteiger partial charge >= 0.3 is 0 Å². The molecule has 4 atom stereocenters. The molecule has 1 aliphatic rings. The van der Waals surface area contributed by atoms with Crippen LogP contribution in [0.2, 0.25) is 0 Å². The molecule has 0 bridgehead atoms. The number of carbonyl (C=O) groups excluding carboxylic acids is 1. The zero-order valence-electron chi connectivity index (χ0n) is 15.3. The minimum Gasteiger partial charge on any atom is -0.442 e. The third-order valence-electron chi connectivity index (χ3n) is 4.82. The van der Waals surface area contributed by atoms with E-state index in [2.05, 4.69) is 18.8 Å². The van der Waals surface area contributed by atoms with Gasteiger partial charge in [-0.05, 0) is 64.9 Å². The normalized spacial score (nSPS) is 34.4. The van der Waals surface area contributed by atoms with E-state index in [0.29, 0.717) is 19.7 Å². The largest absolute Gasteiger partial charge is 0.442 e. The van der Waals surface area contributed by atoms with Crippen molar-refractivity contribution >= 4 is 6.47 Å². The molecule has 0 saturated heterocycles. The monoisotopic (exact) mass is 322 g/mol. The van der Waals surface area contributed by atoms with Gasteiger partial charge in [0, 0.05) is 13.2 Å². The maximum Gasteiger partial charge on any atom is 0.294 e. The number of ether oxygens (including phenoxy) is 3. The lowest BCUT2D eigenvalue weighted by Gasteiger charge is -2.54. The molecule has 0 radical (unpaired) electrons. The highest BCUT2D eigenvalue weighted by molar-refractivity contribution is 5.46. The molecule has 3 unspecified atom stereocenters. The van der Waals surface area contributed by atoms with Crippen molar-refractivity contribution in [1.82, 2.24) is 0 Å². The quantitative estimate of drug-likeness (QED) is 0.409. The number of rotatable bonds is 7. The molecule has 0 aliphatic heterocycles. The Kier molecular flexibility index (Phi) is 7.31. The summed E-state index contributed by atoms with van der Waals surface area (Å²) in [5.41, 5.74) is -0.906. The van der Waals surface area contributed by atoms with Crippen LogP contribution in [0, 0.1) is 17.8 Å². The van der Waals surface area contributed by atoms with Gasteiger partial charge in [0.2, 0.25) is 5.60 Å². The van der Waals surface area contributed by atoms with Gasteiger partial charge < -0.3 is 14.2 Å². The predicted molar refractivity (Wildman–Crippen MR) is 90.9 cm³/mol. The Bertz CT molecular complexity index is 487. The van der Waals surface area contributed by atoms with Crippen molar-refractivity contribution in [3.8, 4) is 11.8 Å². The molecule has 0 amide bonds. The fraction of sp³-hybridized carbons (Fsp3) is 0.737. The van der Waals surface area contributed by atoms with Crippen LogP contribution in [0.3, 0.4) is 0 Å². The van der Waals surface area contributed by atoms with E-state index in [9.17, 15) is 4.79 Å². The molecule has 130 valence electrons. The highest BCUT2D eigenvalue weighted by atomic mass is 16.6. The topological polar surface area (TPSA) is 44.8 Å². The van der Waals surface area contributed by atoms with Gasteiger partial charge in [0.05, 0.1) is 0 Å². The molecule has 23 heavy (non-hydrogen) atoms. The zero-order chi connectivity index (χ0) is 17.5. The summed E-state index contributed by atoms with van der Waals surface area (Å²) >= 11 is 0. The van der Waals surface area contributed by atoms with Crippen molar-refractivity contribution in [2.45, 2.75) is 71.7 Å². The molecule has 1 aliphatic carbocycles. The molecule has 0 aromatic carbocycles. The van der Waals surface area contributed by atoms with Crippen LogP contribution in [0.15, 0.2) is 11.6 Å². The van der Waals surface area contributed by atoms with Gasteiger partial charge in [-0.15, -0.1) is 5.92 Å². The van der Waals surface area contributed by atoms with Crippen LogP contribution in [-0.4, -0.2) is 37.0 Å². The molecular formula is C19H30O4. The lowest BCUT2D eigenvalue weighted by Crippen LogP contribution is -2.68. The smallest absolute Gasteiger partial charge is 0.294 e. The second-order valence-electron chi connectivity index (χ2n) is 5.95. The van der Waals surface area contributed by atoms with E-state index in [-0.39, 0.29) is 12.0 Å². The molecule has 0 heterocycles. The highest BCUT2D eigenvalue weighted by Gasteiger charge is 2.63. The number of hydrogen-bond donors (Lipinski definition) is 0. The average molecular weight is 322 g/mol. The summed E-state index contributed by atoms with van der Waals surface area (Å²) in [5, 5.41) is 0. The van der Waals surface area contributed by atoms with Gasteiger partial charge in [0.15, 0.2) is 0 Å². The van der Waals surface area contributed by atoms with Gasteiger partial charge in [-0.25, -0.2) is 0 Å². The Labute approximate surface area is 140 Å². The summed E-state index contributed by atoms with van der Waals surface area (Å²) in [6.45, 7) is 13.2. The van der Waals surface area contributed by atoms with Crippen molar-refractivity contribution in [2.24, 2.45) is 5.92 Å². The van der Waals surface area contributed by atoms with Crippen LogP contribution in [0.4, 0.5) is 0 Å².